The average Bonchev–Trinajstić information content (AvgIpc) is 3.54. The third kappa shape index (κ3) is 4.84. The first-order valence-corrected chi connectivity index (χ1v) is 12.0. The minimum absolute atomic E-state index is 0.511. The second-order valence-electron chi connectivity index (χ2n) is 8.79. The van der Waals surface area contributed by atoms with E-state index in [1.165, 1.54) is 32.1 Å². The predicted molar refractivity (Wildman–Crippen MR) is 126 cm³/mol. The third-order valence-electron chi connectivity index (χ3n) is 6.45. The van der Waals surface area contributed by atoms with E-state index in [9.17, 15) is 0 Å². The lowest BCUT2D eigenvalue weighted by molar-refractivity contribution is 0.425. The number of H-pyrrole nitrogens is 1. The zero-order chi connectivity index (χ0) is 22.5. The molecule has 1 fully saturated rings. The molecule has 8 nitrogen and oxygen atoms in total. The first kappa shape index (κ1) is 21.4. The molecule has 33 heavy (non-hydrogen) atoms. The van der Waals surface area contributed by atoms with Crippen LogP contribution in [0.5, 0.6) is 0 Å². The Hall–Kier alpha value is -3.42. The number of aromatic nitrogens is 8. The maximum Gasteiger partial charge on any atom is 0.205 e. The van der Waals surface area contributed by atoms with E-state index in [0.29, 0.717) is 18.2 Å². The second kappa shape index (κ2) is 10.0. The fourth-order valence-electron chi connectivity index (χ4n) is 4.60. The highest BCUT2D eigenvalue weighted by Crippen LogP contribution is 2.32. The Bertz CT molecular complexity index is 1160. The summed E-state index contributed by atoms with van der Waals surface area (Å²) in [6, 6.07) is 12.2. The SMILES string of the molecule is CCCCn1nc(C2CCCCC2)nc1Cc1ccc(-c2ccccc2-c2nn[nH]n2)cn1. The molecule has 0 spiro atoms. The van der Waals surface area contributed by atoms with Gasteiger partial charge in [-0.3, -0.25) is 4.98 Å². The van der Waals surface area contributed by atoms with Crippen LogP contribution in [0.4, 0.5) is 0 Å². The molecule has 0 unspecified atom stereocenters. The number of pyridine rings is 1. The number of nitrogens with zero attached hydrogens (tertiary/aromatic N) is 7. The van der Waals surface area contributed by atoms with Gasteiger partial charge in [-0.05, 0) is 36.1 Å². The average molecular weight is 443 g/mol. The lowest BCUT2D eigenvalue weighted by Crippen LogP contribution is -2.08. The van der Waals surface area contributed by atoms with Gasteiger partial charge in [0.05, 0.1) is 0 Å². The molecule has 0 radical (unpaired) electrons. The van der Waals surface area contributed by atoms with Crippen LogP contribution < -0.4 is 0 Å². The summed E-state index contributed by atoms with van der Waals surface area (Å²) >= 11 is 0. The molecule has 170 valence electrons. The molecule has 1 aliphatic carbocycles. The number of aryl methyl sites for hydroxylation is 1. The molecule has 1 saturated carbocycles. The van der Waals surface area contributed by atoms with Crippen LogP contribution in [-0.2, 0) is 13.0 Å². The van der Waals surface area contributed by atoms with Gasteiger partial charge in [0.1, 0.15) is 5.82 Å². The van der Waals surface area contributed by atoms with Crippen LogP contribution in [0.25, 0.3) is 22.5 Å². The van der Waals surface area contributed by atoms with E-state index in [4.69, 9.17) is 15.1 Å². The summed E-state index contributed by atoms with van der Waals surface area (Å²) in [4.78, 5) is 9.77. The molecule has 1 aliphatic rings. The van der Waals surface area contributed by atoms with E-state index < -0.39 is 0 Å². The normalized spacial score (nSPS) is 14.6. The van der Waals surface area contributed by atoms with Crippen molar-refractivity contribution in [3.63, 3.8) is 0 Å². The number of hydrogen-bond acceptors (Lipinski definition) is 6. The molecule has 0 aliphatic heterocycles. The van der Waals surface area contributed by atoms with Crippen molar-refractivity contribution in [2.45, 2.75) is 70.8 Å². The van der Waals surface area contributed by atoms with Crippen molar-refractivity contribution in [1.29, 1.82) is 0 Å². The number of benzene rings is 1. The van der Waals surface area contributed by atoms with Crippen LogP contribution in [0.1, 0.15) is 75.1 Å². The standard InChI is InChI=1S/C25H30N8/c1-2-3-15-33-23(27-24(30-33)18-9-5-4-6-10-18)16-20-14-13-19(17-26-20)21-11-7-8-12-22(21)25-28-31-32-29-25/h7-8,11-14,17-18H,2-6,9-10,15-16H2,1H3,(H,28,29,31,32). The minimum Gasteiger partial charge on any atom is -0.260 e. The highest BCUT2D eigenvalue weighted by Gasteiger charge is 2.22. The Morgan fingerprint density at radius 2 is 1.88 bits per heavy atom. The lowest BCUT2D eigenvalue weighted by atomic mass is 9.89. The molecule has 0 atom stereocenters. The highest BCUT2D eigenvalue weighted by molar-refractivity contribution is 5.79. The van der Waals surface area contributed by atoms with E-state index in [1.54, 1.807) is 0 Å². The third-order valence-corrected chi connectivity index (χ3v) is 6.45. The van der Waals surface area contributed by atoms with Crippen molar-refractivity contribution in [3.05, 3.63) is 59.9 Å². The predicted octanol–water partition coefficient (Wildman–Crippen LogP) is 4.96. The molecule has 3 heterocycles. The summed E-state index contributed by atoms with van der Waals surface area (Å²) in [5.74, 6) is 3.15. The fourth-order valence-corrected chi connectivity index (χ4v) is 4.60. The summed E-state index contributed by atoms with van der Waals surface area (Å²) in [6.07, 6.45) is 11.2. The smallest absolute Gasteiger partial charge is 0.205 e. The summed E-state index contributed by atoms with van der Waals surface area (Å²) in [5.41, 5.74) is 3.98. The van der Waals surface area contributed by atoms with Gasteiger partial charge in [-0.2, -0.15) is 10.3 Å². The molecule has 8 heteroatoms. The Labute approximate surface area is 193 Å². The summed E-state index contributed by atoms with van der Waals surface area (Å²) in [7, 11) is 0. The van der Waals surface area contributed by atoms with E-state index in [1.807, 2.05) is 24.4 Å². The van der Waals surface area contributed by atoms with E-state index in [-0.39, 0.29) is 0 Å². The molecule has 0 bridgehead atoms. The molecular formula is C25H30N8. The van der Waals surface area contributed by atoms with E-state index in [0.717, 1.165) is 53.4 Å². The molecule has 1 aromatic carbocycles. The molecule has 5 rings (SSSR count). The number of hydrogen-bond donors (Lipinski definition) is 1. The van der Waals surface area contributed by atoms with Crippen molar-refractivity contribution in [1.82, 2.24) is 40.4 Å². The Kier molecular flexibility index (Phi) is 6.51. The first-order chi connectivity index (χ1) is 16.3. The second-order valence-corrected chi connectivity index (χ2v) is 8.79. The summed E-state index contributed by atoms with van der Waals surface area (Å²) < 4.78 is 2.12. The van der Waals surface area contributed by atoms with Crippen molar-refractivity contribution in [2.24, 2.45) is 0 Å². The minimum atomic E-state index is 0.511. The molecular weight excluding hydrogens is 412 g/mol. The highest BCUT2D eigenvalue weighted by atomic mass is 15.5. The molecule has 4 aromatic rings. The number of rotatable bonds is 8. The number of nitrogens with one attached hydrogen (secondary N) is 1. The van der Waals surface area contributed by atoms with Crippen LogP contribution in [0, 0.1) is 0 Å². The van der Waals surface area contributed by atoms with Gasteiger partial charge in [-0.25, -0.2) is 9.67 Å². The van der Waals surface area contributed by atoms with Crippen LogP contribution in [-0.4, -0.2) is 40.4 Å². The number of tetrazole rings is 1. The molecule has 1 N–H and O–H groups in total. The molecule has 0 amide bonds. The summed E-state index contributed by atoms with van der Waals surface area (Å²) in [5, 5.41) is 19.4. The van der Waals surface area contributed by atoms with Gasteiger partial charge < -0.3 is 0 Å². The Balaban J connectivity index is 1.38. The molecule has 0 saturated heterocycles. The van der Waals surface area contributed by atoms with Gasteiger partial charge in [-0.1, -0.05) is 62.9 Å². The first-order valence-electron chi connectivity index (χ1n) is 12.0. The quantitative estimate of drug-likeness (QED) is 0.414. The van der Waals surface area contributed by atoms with Crippen LogP contribution >= 0.6 is 0 Å². The van der Waals surface area contributed by atoms with E-state index in [2.05, 4.69) is 50.4 Å². The largest absolute Gasteiger partial charge is 0.260 e. The lowest BCUT2D eigenvalue weighted by Gasteiger charge is -2.18. The van der Waals surface area contributed by atoms with Crippen molar-refractivity contribution in [2.75, 3.05) is 0 Å². The summed E-state index contributed by atoms with van der Waals surface area (Å²) in [6.45, 7) is 3.13. The number of unbranched alkanes of at least 4 members (excludes halogenated alkanes) is 1. The van der Waals surface area contributed by atoms with Gasteiger partial charge >= 0.3 is 0 Å². The zero-order valence-corrected chi connectivity index (χ0v) is 19.1. The topological polar surface area (TPSA) is 98.1 Å². The monoisotopic (exact) mass is 442 g/mol. The van der Waals surface area contributed by atoms with Gasteiger partial charge in [0.25, 0.3) is 0 Å². The Morgan fingerprint density at radius 1 is 1.03 bits per heavy atom. The Morgan fingerprint density at radius 3 is 2.61 bits per heavy atom. The maximum atomic E-state index is 5.00. The van der Waals surface area contributed by atoms with Gasteiger partial charge in [0.15, 0.2) is 5.82 Å². The van der Waals surface area contributed by atoms with Gasteiger partial charge in [-0.15, -0.1) is 10.2 Å². The van der Waals surface area contributed by atoms with Crippen molar-refractivity contribution in [3.8, 4) is 22.5 Å². The van der Waals surface area contributed by atoms with Crippen LogP contribution in [0.15, 0.2) is 42.6 Å². The van der Waals surface area contributed by atoms with Gasteiger partial charge in [0, 0.05) is 41.9 Å². The molecule has 3 aromatic heterocycles. The van der Waals surface area contributed by atoms with Crippen LogP contribution in [0.2, 0.25) is 0 Å². The zero-order valence-electron chi connectivity index (χ0n) is 19.1. The van der Waals surface area contributed by atoms with E-state index >= 15 is 0 Å². The van der Waals surface area contributed by atoms with Crippen LogP contribution in [0.3, 0.4) is 0 Å². The fraction of sp³-hybridized carbons (Fsp3) is 0.440. The number of aromatic amines is 1. The maximum absolute atomic E-state index is 5.00. The van der Waals surface area contributed by atoms with Crippen molar-refractivity contribution < 1.29 is 0 Å². The van der Waals surface area contributed by atoms with Crippen molar-refractivity contribution >= 4 is 0 Å². The van der Waals surface area contributed by atoms with Gasteiger partial charge in [0.2, 0.25) is 5.82 Å².